The van der Waals surface area contributed by atoms with E-state index in [4.69, 9.17) is 0 Å². The van der Waals surface area contributed by atoms with Gasteiger partial charge in [0.05, 0.1) is 6.04 Å². The van der Waals surface area contributed by atoms with Gasteiger partial charge in [-0.2, -0.15) is 0 Å². The van der Waals surface area contributed by atoms with Crippen LogP contribution in [0.15, 0.2) is 48.0 Å². The summed E-state index contributed by atoms with van der Waals surface area (Å²) in [6, 6.07) is 10.5. The molecule has 0 aromatic carbocycles. The van der Waals surface area contributed by atoms with Crippen LogP contribution in [-0.4, -0.2) is 66.0 Å². The number of anilines is 1. The van der Waals surface area contributed by atoms with Gasteiger partial charge in [-0.1, -0.05) is 31.1 Å². The summed E-state index contributed by atoms with van der Waals surface area (Å²) < 4.78 is 0. The van der Waals surface area contributed by atoms with Gasteiger partial charge in [0, 0.05) is 56.8 Å². The van der Waals surface area contributed by atoms with Gasteiger partial charge in [-0.15, -0.1) is 11.3 Å². The van der Waals surface area contributed by atoms with E-state index in [1.165, 1.54) is 17.7 Å². The molecule has 6 heteroatoms. The lowest BCUT2D eigenvalue weighted by Gasteiger charge is -2.36. The van der Waals surface area contributed by atoms with Crippen LogP contribution in [0.1, 0.15) is 37.0 Å². The molecule has 1 atom stereocenters. The van der Waals surface area contributed by atoms with Crippen molar-refractivity contribution < 1.29 is 4.79 Å². The fourth-order valence-electron chi connectivity index (χ4n) is 4.37. The van der Waals surface area contributed by atoms with Crippen molar-refractivity contribution >= 4 is 29.1 Å². The second-order valence-electron chi connectivity index (χ2n) is 8.14. The number of carbonyl (C=O) groups excluding carboxylic acids is 1. The molecule has 1 unspecified atom stereocenters. The molecular weight excluding hydrogens is 392 g/mol. The van der Waals surface area contributed by atoms with Gasteiger partial charge < -0.3 is 9.80 Å². The van der Waals surface area contributed by atoms with Crippen molar-refractivity contribution in [2.45, 2.75) is 38.1 Å². The lowest BCUT2D eigenvalue weighted by Crippen LogP contribution is -2.48. The largest absolute Gasteiger partial charge is 0.354 e. The number of carbonyl (C=O) groups is 1. The molecule has 0 aliphatic carbocycles. The molecule has 160 valence electrons. The summed E-state index contributed by atoms with van der Waals surface area (Å²) in [4.78, 5) is 25.7. The Labute approximate surface area is 184 Å². The van der Waals surface area contributed by atoms with E-state index in [1.807, 2.05) is 18.3 Å². The number of piperazine rings is 1. The zero-order valence-electron chi connectivity index (χ0n) is 17.7. The minimum Gasteiger partial charge on any atom is -0.354 e. The molecule has 2 aromatic rings. The van der Waals surface area contributed by atoms with Crippen molar-refractivity contribution in [3.05, 3.63) is 52.9 Å². The molecule has 2 aromatic heterocycles. The van der Waals surface area contributed by atoms with E-state index in [0.29, 0.717) is 12.3 Å². The van der Waals surface area contributed by atoms with Crippen LogP contribution in [0.5, 0.6) is 0 Å². The SMILES string of the molecule is O=C(CCN1CCN(c2ccccn2)CC1)N1CCCCCC1/C=C/c1cccs1. The lowest BCUT2D eigenvalue weighted by molar-refractivity contribution is -0.132. The summed E-state index contributed by atoms with van der Waals surface area (Å²) in [6.45, 7) is 5.68. The maximum Gasteiger partial charge on any atom is 0.224 e. The minimum atomic E-state index is 0.239. The molecule has 30 heavy (non-hydrogen) atoms. The third kappa shape index (κ3) is 5.70. The Morgan fingerprint density at radius 1 is 1.07 bits per heavy atom. The van der Waals surface area contributed by atoms with Crippen molar-refractivity contribution in [2.24, 2.45) is 0 Å². The third-order valence-electron chi connectivity index (χ3n) is 6.13. The van der Waals surface area contributed by atoms with Crippen LogP contribution >= 0.6 is 11.3 Å². The highest BCUT2D eigenvalue weighted by Crippen LogP contribution is 2.21. The van der Waals surface area contributed by atoms with Crippen LogP contribution in [0.4, 0.5) is 5.82 Å². The Morgan fingerprint density at radius 3 is 2.73 bits per heavy atom. The van der Waals surface area contributed by atoms with E-state index in [-0.39, 0.29) is 6.04 Å². The molecule has 1 amide bonds. The number of hydrogen-bond acceptors (Lipinski definition) is 5. The van der Waals surface area contributed by atoms with Gasteiger partial charge in [-0.3, -0.25) is 9.69 Å². The van der Waals surface area contributed by atoms with Gasteiger partial charge in [0.2, 0.25) is 5.91 Å². The molecule has 4 rings (SSSR count). The monoisotopic (exact) mass is 424 g/mol. The van der Waals surface area contributed by atoms with Gasteiger partial charge in [0.25, 0.3) is 0 Å². The van der Waals surface area contributed by atoms with Crippen molar-refractivity contribution in [1.29, 1.82) is 0 Å². The van der Waals surface area contributed by atoms with Crippen molar-refractivity contribution in [1.82, 2.24) is 14.8 Å². The number of pyridine rings is 1. The maximum atomic E-state index is 13.1. The third-order valence-corrected chi connectivity index (χ3v) is 6.97. The molecule has 5 nitrogen and oxygen atoms in total. The Balaban J connectivity index is 1.28. The van der Waals surface area contributed by atoms with E-state index in [9.17, 15) is 4.79 Å². The fraction of sp³-hybridized carbons (Fsp3) is 0.500. The van der Waals surface area contributed by atoms with Gasteiger partial charge in [0.15, 0.2) is 0 Å². The first kappa shape index (κ1) is 21.1. The van der Waals surface area contributed by atoms with E-state index in [2.05, 4.69) is 55.4 Å². The number of likely N-dealkylation sites (tertiary alicyclic amines) is 1. The van der Waals surface area contributed by atoms with Gasteiger partial charge in [-0.05, 0) is 42.5 Å². The molecular formula is C24H32N4OS. The minimum absolute atomic E-state index is 0.239. The molecule has 4 heterocycles. The number of aromatic nitrogens is 1. The van der Waals surface area contributed by atoms with E-state index in [1.54, 1.807) is 11.3 Å². The molecule has 0 bridgehead atoms. The van der Waals surface area contributed by atoms with Crippen LogP contribution in [0.2, 0.25) is 0 Å². The van der Waals surface area contributed by atoms with Gasteiger partial charge >= 0.3 is 0 Å². The quantitative estimate of drug-likeness (QED) is 0.699. The predicted octanol–water partition coefficient (Wildman–Crippen LogP) is 4.14. The number of hydrogen-bond donors (Lipinski definition) is 0. The number of thiophene rings is 1. The first-order chi connectivity index (χ1) is 14.8. The Morgan fingerprint density at radius 2 is 1.97 bits per heavy atom. The first-order valence-corrected chi connectivity index (χ1v) is 12.1. The average Bonchev–Trinajstić information content (AvgIpc) is 3.21. The summed E-state index contributed by atoms with van der Waals surface area (Å²) in [6.07, 6.45) is 11.5. The van der Waals surface area contributed by atoms with Crippen LogP contribution in [0, 0.1) is 0 Å². The second kappa shape index (κ2) is 10.7. The van der Waals surface area contributed by atoms with E-state index >= 15 is 0 Å². The Kier molecular flexibility index (Phi) is 7.54. The molecule has 2 fully saturated rings. The standard InChI is InChI=1S/C24H32N4OS/c29-24(12-15-26-16-18-27(19-17-26)23-9-3-4-13-25-23)28-14-5-1-2-7-21(28)10-11-22-8-6-20-30-22/h3-4,6,8-11,13,20-21H,1-2,5,7,12,14-19H2/b11-10+. The highest BCUT2D eigenvalue weighted by molar-refractivity contribution is 7.10. The molecule has 0 saturated carbocycles. The predicted molar refractivity (Wildman–Crippen MR) is 125 cm³/mol. The smallest absolute Gasteiger partial charge is 0.224 e. The number of amides is 1. The van der Waals surface area contributed by atoms with Crippen molar-refractivity contribution in [3.63, 3.8) is 0 Å². The molecule has 0 N–H and O–H groups in total. The zero-order chi connectivity index (χ0) is 20.6. The molecule has 2 aliphatic heterocycles. The van der Waals surface area contributed by atoms with Crippen LogP contribution in [0.3, 0.4) is 0 Å². The summed E-state index contributed by atoms with van der Waals surface area (Å²) in [7, 11) is 0. The van der Waals surface area contributed by atoms with Crippen molar-refractivity contribution in [3.8, 4) is 0 Å². The summed E-state index contributed by atoms with van der Waals surface area (Å²) in [5.41, 5.74) is 0. The number of nitrogens with zero attached hydrogens (tertiary/aromatic N) is 4. The summed E-state index contributed by atoms with van der Waals surface area (Å²) in [5, 5.41) is 2.10. The van der Waals surface area contributed by atoms with Gasteiger partial charge in [0.1, 0.15) is 5.82 Å². The fourth-order valence-corrected chi connectivity index (χ4v) is 5.00. The Hall–Kier alpha value is -2.18. The summed E-state index contributed by atoms with van der Waals surface area (Å²) >= 11 is 1.75. The van der Waals surface area contributed by atoms with Crippen LogP contribution in [0.25, 0.3) is 6.08 Å². The average molecular weight is 425 g/mol. The number of rotatable bonds is 6. The zero-order valence-corrected chi connectivity index (χ0v) is 18.5. The topological polar surface area (TPSA) is 39.7 Å². The van der Waals surface area contributed by atoms with Crippen LogP contribution < -0.4 is 4.90 Å². The van der Waals surface area contributed by atoms with Crippen LogP contribution in [-0.2, 0) is 4.79 Å². The van der Waals surface area contributed by atoms with E-state index < -0.39 is 0 Å². The molecule has 2 saturated heterocycles. The maximum absolute atomic E-state index is 13.1. The summed E-state index contributed by atoms with van der Waals surface area (Å²) in [5.74, 6) is 1.36. The normalized spacial score (nSPS) is 21.1. The molecule has 0 spiro atoms. The van der Waals surface area contributed by atoms with Crippen molar-refractivity contribution in [2.75, 3.05) is 44.2 Å². The molecule has 2 aliphatic rings. The first-order valence-electron chi connectivity index (χ1n) is 11.2. The van der Waals surface area contributed by atoms with E-state index in [0.717, 1.165) is 57.9 Å². The molecule has 0 radical (unpaired) electrons. The highest BCUT2D eigenvalue weighted by Gasteiger charge is 2.25. The van der Waals surface area contributed by atoms with Gasteiger partial charge in [-0.25, -0.2) is 4.98 Å². The lowest BCUT2D eigenvalue weighted by atomic mass is 10.1. The highest BCUT2D eigenvalue weighted by atomic mass is 32.1. The second-order valence-corrected chi connectivity index (χ2v) is 9.12. The Bertz CT molecular complexity index is 800.